The van der Waals surface area contributed by atoms with E-state index < -0.39 is 0 Å². The molecule has 0 spiro atoms. The second-order valence-corrected chi connectivity index (χ2v) is 10.8. The van der Waals surface area contributed by atoms with Crippen LogP contribution in [-0.4, -0.2) is 37.3 Å². The molecule has 0 aromatic heterocycles. The first-order chi connectivity index (χ1) is 15.5. The van der Waals surface area contributed by atoms with Crippen LogP contribution >= 0.6 is 0 Å². The number of carbonyl (C=O) groups is 1. The Morgan fingerprint density at radius 1 is 1.12 bits per heavy atom. The maximum Gasteiger partial charge on any atom is 0.308 e. The minimum atomic E-state index is -0.126. The van der Waals surface area contributed by atoms with Crippen molar-refractivity contribution >= 4 is 5.97 Å². The van der Waals surface area contributed by atoms with Gasteiger partial charge in [-0.3, -0.25) is 4.79 Å². The van der Waals surface area contributed by atoms with Crippen LogP contribution in [0.5, 0.6) is 5.75 Å². The van der Waals surface area contributed by atoms with Gasteiger partial charge in [0.25, 0.3) is 0 Å². The van der Waals surface area contributed by atoms with Crippen LogP contribution in [0, 0.1) is 11.3 Å². The zero-order chi connectivity index (χ0) is 22.6. The van der Waals surface area contributed by atoms with Crippen LogP contribution < -0.4 is 4.74 Å². The molecule has 0 heterocycles. The lowest BCUT2D eigenvalue weighted by Crippen LogP contribution is -2.52. The number of esters is 1. The molecule has 0 aliphatic heterocycles. The predicted molar refractivity (Wildman–Crippen MR) is 129 cm³/mol. The summed E-state index contributed by atoms with van der Waals surface area (Å²) in [5, 5.41) is 0. The van der Waals surface area contributed by atoms with Gasteiger partial charge in [0, 0.05) is 12.5 Å². The fourth-order valence-corrected chi connectivity index (χ4v) is 6.80. The van der Waals surface area contributed by atoms with Gasteiger partial charge in [0.05, 0.1) is 0 Å². The molecule has 178 valence electrons. The van der Waals surface area contributed by atoms with E-state index in [1.165, 1.54) is 68.9 Å². The molecule has 3 aliphatic rings. The van der Waals surface area contributed by atoms with Gasteiger partial charge < -0.3 is 14.4 Å². The molecule has 4 nitrogen and oxygen atoms in total. The number of rotatable bonds is 8. The number of hydrogen-bond acceptors (Lipinski definition) is 4. The van der Waals surface area contributed by atoms with Crippen molar-refractivity contribution in [1.29, 1.82) is 0 Å². The monoisotopic (exact) mass is 441 g/mol. The summed E-state index contributed by atoms with van der Waals surface area (Å²) in [6.45, 7) is 5.89. The first-order valence-corrected chi connectivity index (χ1v) is 13.1. The Hall–Kier alpha value is -1.55. The first-order valence-electron chi connectivity index (χ1n) is 13.1. The quantitative estimate of drug-likeness (QED) is 0.342. The minimum absolute atomic E-state index is 0.0193. The zero-order valence-corrected chi connectivity index (χ0v) is 20.5. The zero-order valence-electron chi connectivity index (χ0n) is 20.5. The van der Waals surface area contributed by atoms with Gasteiger partial charge in [-0.25, -0.2) is 0 Å². The summed E-state index contributed by atoms with van der Waals surface area (Å²) < 4.78 is 11.3. The third-order valence-corrected chi connectivity index (χ3v) is 8.88. The SMILES string of the molecule is CCN(C)[C@H]1Cc2ccc(OCOC(=O)CCC3CCCCC3)cc2C2CCCC[C@@]21C. The molecule has 0 amide bonds. The normalized spacial score (nSPS) is 28.1. The minimum Gasteiger partial charge on any atom is -0.457 e. The summed E-state index contributed by atoms with van der Waals surface area (Å²) in [5.74, 6) is 2.00. The van der Waals surface area contributed by atoms with Crippen molar-refractivity contribution in [3.8, 4) is 5.75 Å². The molecule has 0 bridgehead atoms. The lowest BCUT2D eigenvalue weighted by molar-refractivity contribution is -0.150. The number of likely N-dealkylation sites (N-methyl/N-ethyl adjacent to an activating group) is 1. The average Bonchev–Trinajstić information content (AvgIpc) is 2.82. The Morgan fingerprint density at radius 3 is 2.69 bits per heavy atom. The molecule has 3 atom stereocenters. The van der Waals surface area contributed by atoms with Crippen LogP contribution in [0.3, 0.4) is 0 Å². The third kappa shape index (κ3) is 5.16. The third-order valence-electron chi connectivity index (χ3n) is 8.88. The fraction of sp³-hybridized carbons (Fsp3) is 0.750. The van der Waals surface area contributed by atoms with Crippen LogP contribution in [0.25, 0.3) is 0 Å². The fourth-order valence-electron chi connectivity index (χ4n) is 6.80. The molecule has 4 heteroatoms. The first kappa shape index (κ1) is 23.6. The molecular weight excluding hydrogens is 398 g/mol. The van der Waals surface area contributed by atoms with E-state index in [0.29, 0.717) is 29.7 Å². The summed E-state index contributed by atoms with van der Waals surface area (Å²) >= 11 is 0. The van der Waals surface area contributed by atoms with Gasteiger partial charge in [-0.1, -0.05) is 64.9 Å². The summed E-state index contributed by atoms with van der Waals surface area (Å²) in [6.07, 6.45) is 14.3. The van der Waals surface area contributed by atoms with Gasteiger partial charge in [-0.2, -0.15) is 0 Å². The number of benzene rings is 1. The number of nitrogens with zero attached hydrogens (tertiary/aromatic N) is 1. The van der Waals surface area contributed by atoms with Crippen molar-refractivity contribution < 1.29 is 14.3 Å². The van der Waals surface area contributed by atoms with Crippen molar-refractivity contribution in [3.63, 3.8) is 0 Å². The van der Waals surface area contributed by atoms with Gasteiger partial charge in [0.2, 0.25) is 6.79 Å². The maximum atomic E-state index is 12.2. The summed E-state index contributed by atoms with van der Waals surface area (Å²) in [7, 11) is 2.28. The van der Waals surface area contributed by atoms with E-state index in [9.17, 15) is 4.79 Å². The van der Waals surface area contributed by atoms with E-state index in [0.717, 1.165) is 25.1 Å². The van der Waals surface area contributed by atoms with E-state index in [2.05, 4.69) is 44.0 Å². The highest BCUT2D eigenvalue weighted by Gasteiger charge is 2.48. The summed E-state index contributed by atoms with van der Waals surface area (Å²) in [6, 6.07) is 7.15. The highest BCUT2D eigenvalue weighted by atomic mass is 16.7. The molecule has 2 fully saturated rings. The van der Waals surface area contributed by atoms with Crippen LogP contribution in [0.2, 0.25) is 0 Å². The molecule has 0 radical (unpaired) electrons. The van der Waals surface area contributed by atoms with Crippen molar-refractivity contribution in [2.45, 2.75) is 103 Å². The number of ether oxygens (including phenoxy) is 2. The van der Waals surface area contributed by atoms with Gasteiger partial charge in [-0.05, 0) is 79.8 Å². The predicted octanol–water partition coefficient (Wildman–Crippen LogP) is 6.47. The second kappa shape index (κ2) is 10.6. The Labute approximate surface area is 195 Å². The second-order valence-electron chi connectivity index (χ2n) is 10.8. The molecule has 0 N–H and O–H groups in total. The van der Waals surface area contributed by atoms with Gasteiger partial charge in [0.1, 0.15) is 5.75 Å². The van der Waals surface area contributed by atoms with Gasteiger partial charge >= 0.3 is 5.97 Å². The van der Waals surface area contributed by atoms with E-state index in [1.807, 2.05) is 0 Å². The largest absolute Gasteiger partial charge is 0.457 e. The smallest absolute Gasteiger partial charge is 0.308 e. The maximum absolute atomic E-state index is 12.2. The van der Waals surface area contributed by atoms with E-state index in [1.54, 1.807) is 0 Å². The topological polar surface area (TPSA) is 38.8 Å². The average molecular weight is 442 g/mol. The van der Waals surface area contributed by atoms with Crippen molar-refractivity contribution in [2.24, 2.45) is 11.3 Å². The standard InChI is InChI=1S/C28H43NO3/c1-4-29(3)26-18-22-14-15-23(19-24(22)25-12-8-9-17-28(25,26)2)31-20-32-27(30)16-13-21-10-6-5-7-11-21/h14-15,19,21,25-26H,4-13,16-18,20H2,1-3H3/t25?,26-,28-/m0/s1. The molecule has 0 saturated heterocycles. The molecule has 1 aromatic rings. The number of carbonyl (C=O) groups excluding carboxylic acids is 1. The lowest BCUT2D eigenvalue weighted by atomic mass is 9.56. The molecule has 1 aromatic carbocycles. The Bertz CT molecular complexity index is 772. The van der Waals surface area contributed by atoms with Crippen molar-refractivity contribution in [1.82, 2.24) is 4.90 Å². The van der Waals surface area contributed by atoms with Crippen molar-refractivity contribution in [3.05, 3.63) is 29.3 Å². The molecule has 32 heavy (non-hydrogen) atoms. The van der Waals surface area contributed by atoms with Crippen LogP contribution in [0.15, 0.2) is 18.2 Å². The van der Waals surface area contributed by atoms with Crippen molar-refractivity contribution in [2.75, 3.05) is 20.4 Å². The van der Waals surface area contributed by atoms with Crippen LogP contribution in [-0.2, 0) is 16.0 Å². The van der Waals surface area contributed by atoms with Crippen LogP contribution in [0.1, 0.15) is 102 Å². The lowest BCUT2D eigenvalue weighted by Gasteiger charge is -2.54. The van der Waals surface area contributed by atoms with E-state index in [-0.39, 0.29) is 12.8 Å². The highest BCUT2D eigenvalue weighted by molar-refractivity contribution is 5.69. The van der Waals surface area contributed by atoms with Gasteiger partial charge in [-0.15, -0.1) is 0 Å². The van der Waals surface area contributed by atoms with E-state index in [4.69, 9.17) is 9.47 Å². The molecule has 4 rings (SSSR count). The molecule has 2 saturated carbocycles. The highest BCUT2D eigenvalue weighted by Crippen LogP contribution is 2.55. The number of fused-ring (bicyclic) bond motifs is 3. The Kier molecular flexibility index (Phi) is 7.81. The van der Waals surface area contributed by atoms with E-state index >= 15 is 0 Å². The summed E-state index contributed by atoms with van der Waals surface area (Å²) in [5.41, 5.74) is 3.26. The summed E-state index contributed by atoms with van der Waals surface area (Å²) in [4.78, 5) is 14.7. The molecule has 1 unspecified atom stereocenters. The molecule has 3 aliphatic carbocycles. The number of hydrogen-bond donors (Lipinski definition) is 0. The van der Waals surface area contributed by atoms with Gasteiger partial charge in [0.15, 0.2) is 0 Å². The Morgan fingerprint density at radius 2 is 1.91 bits per heavy atom. The Balaban J connectivity index is 1.35. The molecular formula is C28H43NO3. The van der Waals surface area contributed by atoms with Crippen LogP contribution in [0.4, 0.5) is 0 Å².